The van der Waals surface area contributed by atoms with Crippen LogP contribution in [-0.2, 0) is 6.18 Å². The predicted octanol–water partition coefficient (Wildman–Crippen LogP) is 5.45. The van der Waals surface area contributed by atoms with Gasteiger partial charge in [0.15, 0.2) is 11.5 Å². The van der Waals surface area contributed by atoms with Crippen molar-refractivity contribution in [3.63, 3.8) is 0 Å². The number of halogens is 4. The number of alkyl halides is 3. The number of carbonyl (C=O) groups is 1. The Bertz CT molecular complexity index is 1370. The van der Waals surface area contributed by atoms with Crippen LogP contribution in [0.25, 0.3) is 22.0 Å². The Kier molecular flexibility index (Phi) is 5.67. The van der Waals surface area contributed by atoms with Crippen molar-refractivity contribution in [2.75, 3.05) is 17.7 Å². The molecule has 3 aromatic heterocycles. The Morgan fingerprint density at radius 3 is 2.52 bits per heavy atom. The number of aromatic nitrogens is 3. The minimum atomic E-state index is -4.94. The quantitative estimate of drug-likeness (QED) is 0.400. The number of nitrogens with one attached hydrogen (secondary N) is 2. The number of hydrogen-bond acceptors (Lipinski definition) is 5. The third-order valence-corrected chi connectivity index (χ3v) is 5.04. The maximum Gasteiger partial charge on any atom is 0.419 e. The second kappa shape index (κ2) is 8.45. The number of amides is 1. The van der Waals surface area contributed by atoms with E-state index in [2.05, 4.69) is 25.6 Å². The molecule has 0 unspecified atom stereocenters. The molecule has 1 amide bonds. The molecule has 0 bridgehead atoms. The van der Waals surface area contributed by atoms with Crippen LogP contribution in [0.1, 0.15) is 21.6 Å². The Hall–Kier alpha value is -4.08. The molecule has 33 heavy (non-hydrogen) atoms. The average Bonchev–Trinajstić information content (AvgIpc) is 2.79. The zero-order chi connectivity index (χ0) is 23.8. The van der Waals surface area contributed by atoms with Crippen molar-refractivity contribution in [1.82, 2.24) is 15.0 Å². The topological polar surface area (TPSA) is 79.8 Å². The summed E-state index contributed by atoms with van der Waals surface area (Å²) in [6.45, 7) is 1.86. The Labute approximate surface area is 185 Å². The molecule has 0 aliphatic carbocycles. The van der Waals surface area contributed by atoms with Gasteiger partial charge in [-0.15, -0.1) is 0 Å². The van der Waals surface area contributed by atoms with Crippen LogP contribution < -0.4 is 10.6 Å². The van der Waals surface area contributed by atoms with Crippen LogP contribution in [0.3, 0.4) is 0 Å². The third-order valence-electron chi connectivity index (χ3n) is 5.04. The van der Waals surface area contributed by atoms with E-state index in [9.17, 15) is 22.4 Å². The van der Waals surface area contributed by atoms with Crippen LogP contribution in [0.5, 0.6) is 0 Å². The highest BCUT2D eigenvalue weighted by Crippen LogP contribution is 2.32. The lowest BCUT2D eigenvalue weighted by atomic mass is 10.00. The highest BCUT2D eigenvalue weighted by atomic mass is 19.4. The molecule has 10 heteroatoms. The summed E-state index contributed by atoms with van der Waals surface area (Å²) in [6.07, 6.45) is -0.842. The van der Waals surface area contributed by atoms with Gasteiger partial charge in [0.2, 0.25) is 0 Å². The molecule has 2 N–H and O–H groups in total. The number of hydrogen-bond donors (Lipinski definition) is 2. The fourth-order valence-corrected chi connectivity index (χ4v) is 3.33. The van der Waals surface area contributed by atoms with Gasteiger partial charge in [0.1, 0.15) is 5.82 Å². The van der Waals surface area contributed by atoms with E-state index in [0.29, 0.717) is 11.9 Å². The number of rotatable bonds is 4. The fourth-order valence-electron chi connectivity index (χ4n) is 3.33. The lowest BCUT2D eigenvalue weighted by Crippen LogP contribution is -2.19. The predicted molar refractivity (Wildman–Crippen MR) is 116 cm³/mol. The van der Waals surface area contributed by atoms with E-state index >= 15 is 0 Å². The van der Waals surface area contributed by atoms with E-state index in [1.807, 2.05) is 13.0 Å². The SMILES string of the molecule is CNc1cc2ncc(-c3cc(NC(=O)c4nccc(C(F)(F)F)c4F)ccc3C)cc2cn1. The lowest BCUT2D eigenvalue weighted by molar-refractivity contribution is -0.140. The van der Waals surface area contributed by atoms with Crippen LogP contribution in [0.2, 0.25) is 0 Å². The molecule has 6 nitrogen and oxygen atoms in total. The first-order valence-electron chi connectivity index (χ1n) is 9.75. The van der Waals surface area contributed by atoms with Crippen molar-refractivity contribution in [1.29, 1.82) is 0 Å². The Balaban J connectivity index is 1.66. The van der Waals surface area contributed by atoms with Gasteiger partial charge in [-0.2, -0.15) is 13.2 Å². The molecular weight excluding hydrogens is 438 g/mol. The normalized spacial score (nSPS) is 11.5. The second-order valence-electron chi connectivity index (χ2n) is 7.24. The zero-order valence-electron chi connectivity index (χ0n) is 17.5. The van der Waals surface area contributed by atoms with Crippen LogP contribution in [0, 0.1) is 12.7 Å². The Morgan fingerprint density at radius 2 is 1.79 bits per heavy atom. The van der Waals surface area contributed by atoms with Gasteiger partial charge in [-0.1, -0.05) is 6.07 Å². The number of anilines is 2. The number of carbonyl (C=O) groups excluding carboxylic acids is 1. The molecular formula is C23H17F4N5O. The van der Waals surface area contributed by atoms with Crippen LogP contribution >= 0.6 is 0 Å². The molecule has 0 spiro atoms. The van der Waals surface area contributed by atoms with Gasteiger partial charge in [-0.05, 0) is 42.3 Å². The largest absolute Gasteiger partial charge is 0.419 e. The van der Waals surface area contributed by atoms with Gasteiger partial charge in [0.25, 0.3) is 5.91 Å². The van der Waals surface area contributed by atoms with E-state index in [-0.39, 0.29) is 5.69 Å². The molecule has 0 saturated heterocycles. The van der Waals surface area contributed by atoms with E-state index in [0.717, 1.165) is 33.8 Å². The standard InChI is InChI=1S/C23H17F4N5O/c1-12-3-4-15(32-22(33)21-20(24)17(5-6-29-21)23(25,26)27)8-16(12)13-7-14-11-31-19(28-2)9-18(14)30-10-13/h3-11H,1-2H3,(H,28,31)(H,32,33). The highest BCUT2D eigenvalue weighted by molar-refractivity contribution is 6.03. The molecule has 0 atom stereocenters. The van der Waals surface area contributed by atoms with Crippen LogP contribution in [0.4, 0.5) is 29.1 Å². The van der Waals surface area contributed by atoms with Gasteiger partial charge >= 0.3 is 6.18 Å². The zero-order valence-corrected chi connectivity index (χ0v) is 17.5. The van der Waals surface area contributed by atoms with E-state index in [4.69, 9.17) is 0 Å². The van der Waals surface area contributed by atoms with Crippen molar-refractivity contribution in [3.8, 4) is 11.1 Å². The van der Waals surface area contributed by atoms with Gasteiger partial charge < -0.3 is 10.6 Å². The van der Waals surface area contributed by atoms with Gasteiger partial charge in [-0.3, -0.25) is 9.78 Å². The van der Waals surface area contributed by atoms with E-state index in [1.165, 1.54) is 0 Å². The maximum absolute atomic E-state index is 14.3. The summed E-state index contributed by atoms with van der Waals surface area (Å²) in [6, 6.07) is 9.11. The maximum atomic E-state index is 14.3. The summed E-state index contributed by atoms with van der Waals surface area (Å²) in [5.41, 5.74) is 0.873. The molecule has 4 aromatic rings. The van der Waals surface area contributed by atoms with E-state index < -0.39 is 29.2 Å². The highest BCUT2D eigenvalue weighted by Gasteiger charge is 2.36. The van der Waals surface area contributed by atoms with Crippen molar-refractivity contribution in [2.24, 2.45) is 0 Å². The van der Waals surface area contributed by atoms with Crippen LogP contribution in [-0.4, -0.2) is 27.9 Å². The summed E-state index contributed by atoms with van der Waals surface area (Å²) in [5.74, 6) is -2.13. The number of aryl methyl sites for hydroxylation is 1. The molecule has 0 aliphatic rings. The van der Waals surface area contributed by atoms with Gasteiger partial charge in [-0.25, -0.2) is 14.4 Å². The monoisotopic (exact) mass is 455 g/mol. The van der Waals surface area contributed by atoms with Crippen molar-refractivity contribution in [3.05, 3.63) is 77.6 Å². The molecule has 168 valence electrons. The third kappa shape index (κ3) is 4.45. The first kappa shape index (κ1) is 22.1. The minimum Gasteiger partial charge on any atom is -0.373 e. The smallest absolute Gasteiger partial charge is 0.373 e. The first-order valence-corrected chi connectivity index (χ1v) is 9.75. The second-order valence-corrected chi connectivity index (χ2v) is 7.24. The Morgan fingerprint density at radius 1 is 1.00 bits per heavy atom. The molecule has 0 saturated carbocycles. The minimum absolute atomic E-state index is 0.267. The van der Waals surface area contributed by atoms with Crippen molar-refractivity contribution >= 4 is 28.3 Å². The summed E-state index contributed by atoms with van der Waals surface area (Å²) in [5, 5.41) is 6.16. The van der Waals surface area contributed by atoms with Gasteiger partial charge in [0, 0.05) is 48.3 Å². The van der Waals surface area contributed by atoms with E-state index in [1.54, 1.807) is 43.7 Å². The van der Waals surface area contributed by atoms with Crippen molar-refractivity contribution in [2.45, 2.75) is 13.1 Å². The number of benzene rings is 1. The first-order chi connectivity index (χ1) is 15.7. The summed E-state index contributed by atoms with van der Waals surface area (Å²) in [7, 11) is 1.76. The summed E-state index contributed by atoms with van der Waals surface area (Å²) < 4.78 is 53.1. The molecule has 0 aliphatic heterocycles. The fraction of sp³-hybridized carbons (Fsp3) is 0.130. The number of fused-ring (bicyclic) bond motifs is 1. The average molecular weight is 455 g/mol. The summed E-state index contributed by atoms with van der Waals surface area (Å²) >= 11 is 0. The van der Waals surface area contributed by atoms with Gasteiger partial charge in [0.05, 0.1) is 11.1 Å². The molecule has 3 heterocycles. The molecule has 1 aromatic carbocycles. The molecule has 0 radical (unpaired) electrons. The van der Waals surface area contributed by atoms with Crippen LogP contribution in [0.15, 0.2) is 55.0 Å². The van der Waals surface area contributed by atoms with Crippen molar-refractivity contribution < 1.29 is 22.4 Å². The number of nitrogens with zero attached hydrogens (tertiary/aromatic N) is 3. The molecule has 0 fully saturated rings. The summed E-state index contributed by atoms with van der Waals surface area (Å²) in [4.78, 5) is 24.7. The lowest BCUT2D eigenvalue weighted by Gasteiger charge is -2.13. The molecule has 4 rings (SSSR count). The number of pyridine rings is 3.